The highest BCUT2D eigenvalue weighted by Crippen LogP contribution is 2.17. The molecule has 0 aliphatic carbocycles. The molecule has 0 saturated carbocycles. The number of benzene rings is 2. The first kappa shape index (κ1) is 13.0. The molecule has 0 amide bonds. The Morgan fingerprint density at radius 3 is 2.68 bits per heavy atom. The van der Waals surface area contributed by atoms with Crippen molar-refractivity contribution in [3.63, 3.8) is 0 Å². The van der Waals surface area contributed by atoms with E-state index in [1.807, 2.05) is 36.4 Å². The lowest BCUT2D eigenvalue weighted by molar-refractivity contribution is 0.363. The molecule has 3 heteroatoms. The largest absolute Gasteiger partial charge is 0.508 e. The standard InChI is InChI=1S/C16H17NO2/c1-2-10-19-16-5-3-4-13(11-16)12-17-14-6-8-15(18)9-7-14/h2-9,11,17-18H,1,10,12H2. The average Bonchev–Trinajstić information content (AvgIpc) is 2.45. The summed E-state index contributed by atoms with van der Waals surface area (Å²) in [4.78, 5) is 0. The van der Waals surface area contributed by atoms with Crippen LogP contribution in [-0.2, 0) is 6.54 Å². The minimum Gasteiger partial charge on any atom is -0.508 e. The van der Waals surface area contributed by atoms with Crippen molar-refractivity contribution in [2.75, 3.05) is 11.9 Å². The molecule has 2 N–H and O–H groups in total. The van der Waals surface area contributed by atoms with Crippen molar-refractivity contribution < 1.29 is 9.84 Å². The van der Waals surface area contributed by atoms with E-state index in [1.165, 1.54) is 0 Å². The number of hydrogen-bond acceptors (Lipinski definition) is 3. The molecule has 19 heavy (non-hydrogen) atoms. The van der Waals surface area contributed by atoms with Crippen molar-refractivity contribution in [3.05, 3.63) is 66.7 Å². The minimum atomic E-state index is 0.269. The number of ether oxygens (including phenoxy) is 1. The fourth-order valence-electron chi connectivity index (χ4n) is 1.68. The first-order chi connectivity index (χ1) is 9.28. The lowest BCUT2D eigenvalue weighted by Crippen LogP contribution is -2.00. The van der Waals surface area contributed by atoms with Gasteiger partial charge in [-0.15, -0.1) is 0 Å². The van der Waals surface area contributed by atoms with E-state index in [-0.39, 0.29) is 5.75 Å². The van der Waals surface area contributed by atoms with Crippen LogP contribution in [0.1, 0.15) is 5.56 Å². The minimum absolute atomic E-state index is 0.269. The molecule has 0 spiro atoms. The van der Waals surface area contributed by atoms with E-state index < -0.39 is 0 Å². The van der Waals surface area contributed by atoms with Crippen molar-refractivity contribution in [1.29, 1.82) is 0 Å². The Labute approximate surface area is 113 Å². The van der Waals surface area contributed by atoms with Gasteiger partial charge in [-0.2, -0.15) is 0 Å². The maximum absolute atomic E-state index is 9.21. The normalized spacial score (nSPS) is 9.89. The fourth-order valence-corrected chi connectivity index (χ4v) is 1.68. The molecule has 0 bridgehead atoms. The molecular weight excluding hydrogens is 238 g/mol. The summed E-state index contributed by atoms with van der Waals surface area (Å²) in [5.41, 5.74) is 2.10. The summed E-state index contributed by atoms with van der Waals surface area (Å²) in [5, 5.41) is 12.5. The summed E-state index contributed by atoms with van der Waals surface area (Å²) in [5.74, 6) is 1.11. The fraction of sp³-hybridized carbons (Fsp3) is 0.125. The zero-order chi connectivity index (χ0) is 13.5. The molecular formula is C16H17NO2. The predicted molar refractivity (Wildman–Crippen MR) is 77.6 cm³/mol. The van der Waals surface area contributed by atoms with Crippen molar-refractivity contribution in [2.45, 2.75) is 6.54 Å². The number of rotatable bonds is 6. The summed E-state index contributed by atoms with van der Waals surface area (Å²) in [7, 11) is 0. The quantitative estimate of drug-likeness (QED) is 0.612. The molecule has 0 atom stereocenters. The van der Waals surface area contributed by atoms with E-state index in [0.717, 1.165) is 17.0 Å². The monoisotopic (exact) mass is 255 g/mol. The molecule has 3 nitrogen and oxygen atoms in total. The van der Waals surface area contributed by atoms with Crippen LogP contribution in [0.3, 0.4) is 0 Å². The predicted octanol–water partition coefficient (Wildman–Crippen LogP) is 3.57. The Kier molecular flexibility index (Phi) is 4.45. The second-order valence-corrected chi connectivity index (χ2v) is 4.15. The molecule has 0 aliphatic rings. The van der Waals surface area contributed by atoms with Crippen molar-refractivity contribution in [1.82, 2.24) is 0 Å². The van der Waals surface area contributed by atoms with Crippen LogP contribution in [0, 0.1) is 0 Å². The number of nitrogens with one attached hydrogen (secondary N) is 1. The summed E-state index contributed by atoms with van der Waals surface area (Å²) in [6.07, 6.45) is 1.72. The third kappa shape index (κ3) is 4.07. The number of anilines is 1. The van der Waals surface area contributed by atoms with Crippen LogP contribution >= 0.6 is 0 Å². The number of hydrogen-bond donors (Lipinski definition) is 2. The third-order valence-electron chi connectivity index (χ3n) is 2.63. The van der Waals surface area contributed by atoms with Crippen molar-refractivity contribution in [2.24, 2.45) is 0 Å². The van der Waals surface area contributed by atoms with Gasteiger partial charge in [0.1, 0.15) is 18.1 Å². The second-order valence-electron chi connectivity index (χ2n) is 4.15. The van der Waals surface area contributed by atoms with E-state index in [9.17, 15) is 5.11 Å². The van der Waals surface area contributed by atoms with Gasteiger partial charge in [0.15, 0.2) is 0 Å². The van der Waals surface area contributed by atoms with Gasteiger partial charge >= 0.3 is 0 Å². The highest BCUT2D eigenvalue weighted by Gasteiger charge is 1.97. The Balaban J connectivity index is 1.95. The highest BCUT2D eigenvalue weighted by atomic mass is 16.5. The van der Waals surface area contributed by atoms with Gasteiger partial charge in [-0.1, -0.05) is 24.8 Å². The van der Waals surface area contributed by atoms with Gasteiger partial charge in [0.2, 0.25) is 0 Å². The lowest BCUT2D eigenvalue weighted by Gasteiger charge is -2.08. The highest BCUT2D eigenvalue weighted by molar-refractivity contribution is 5.46. The molecule has 0 radical (unpaired) electrons. The van der Waals surface area contributed by atoms with Gasteiger partial charge < -0.3 is 15.2 Å². The van der Waals surface area contributed by atoms with E-state index >= 15 is 0 Å². The van der Waals surface area contributed by atoms with Crippen molar-refractivity contribution in [3.8, 4) is 11.5 Å². The molecule has 0 aliphatic heterocycles. The molecule has 2 rings (SSSR count). The van der Waals surface area contributed by atoms with Gasteiger partial charge in [-0.05, 0) is 42.0 Å². The molecule has 0 heterocycles. The maximum atomic E-state index is 9.21. The zero-order valence-electron chi connectivity index (χ0n) is 10.7. The van der Waals surface area contributed by atoms with Crippen LogP contribution in [0.5, 0.6) is 11.5 Å². The van der Waals surface area contributed by atoms with Crippen LogP contribution in [-0.4, -0.2) is 11.7 Å². The van der Waals surface area contributed by atoms with Crippen LogP contribution < -0.4 is 10.1 Å². The first-order valence-corrected chi connectivity index (χ1v) is 6.13. The van der Waals surface area contributed by atoms with Gasteiger partial charge in [-0.25, -0.2) is 0 Å². The SMILES string of the molecule is C=CCOc1cccc(CNc2ccc(O)cc2)c1. The van der Waals surface area contributed by atoms with Crippen molar-refractivity contribution >= 4 is 5.69 Å². The third-order valence-corrected chi connectivity index (χ3v) is 2.63. The van der Waals surface area contributed by atoms with Gasteiger partial charge in [-0.3, -0.25) is 0 Å². The summed E-state index contributed by atoms with van der Waals surface area (Å²) in [6, 6.07) is 14.9. The number of phenols is 1. The first-order valence-electron chi connectivity index (χ1n) is 6.13. The molecule has 0 unspecified atom stereocenters. The van der Waals surface area contributed by atoms with E-state index in [2.05, 4.69) is 11.9 Å². The molecule has 98 valence electrons. The van der Waals surface area contributed by atoms with E-state index in [0.29, 0.717) is 13.2 Å². The Morgan fingerprint density at radius 2 is 1.95 bits per heavy atom. The molecule has 0 aromatic heterocycles. The number of aromatic hydroxyl groups is 1. The summed E-state index contributed by atoms with van der Waals surface area (Å²) >= 11 is 0. The zero-order valence-corrected chi connectivity index (χ0v) is 10.7. The Morgan fingerprint density at radius 1 is 1.16 bits per heavy atom. The molecule has 2 aromatic rings. The van der Waals surface area contributed by atoms with Crippen LogP contribution in [0.15, 0.2) is 61.2 Å². The molecule has 0 saturated heterocycles. The second kappa shape index (κ2) is 6.50. The Bertz CT molecular complexity index is 535. The lowest BCUT2D eigenvalue weighted by atomic mass is 10.2. The molecule has 2 aromatic carbocycles. The summed E-state index contributed by atoms with van der Waals surface area (Å²) < 4.78 is 5.48. The van der Waals surface area contributed by atoms with Gasteiger partial charge in [0.05, 0.1) is 0 Å². The average molecular weight is 255 g/mol. The van der Waals surface area contributed by atoms with E-state index in [1.54, 1.807) is 18.2 Å². The molecule has 0 fully saturated rings. The van der Waals surface area contributed by atoms with Gasteiger partial charge in [0, 0.05) is 12.2 Å². The maximum Gasteiger partial charge on any atom is 0.120 e. The van der Waals surface area contributed by atoms with Crippen LogP contribution in [0.4, 0.5) is 5.69 Å². The van der Waals surface area contributed by atoms with Gasteiger partial charge in [0.25, 0.3) is 0 Å². The topological polar surface area (TPSA) is 41.5 Å². The number of phenolic OH excluding ortho intramolecular Hbond substituents is 1. The smallest absolute Gasteiger partial charge is 0.120 e. The van der Waals surface area contributed by atoms with Crippen LogP contribution in [0.25, 0.3) is 0 Å². The van der Waals surface area contributed by atoms with Crippen LogP contribution in [0.2, 0.25) is 0 Å². The van der Waals surface area contributed by atoms with E-state index in [4.69, 9.17) is 4.74 Å². The Hall–Kier alpha value is -2.42. The summed E-state index contributed by atoms with van der Waals surface area (Å²) in [6.45, 7) is 4.84.